The first kappa shape index (κ1) is 15.9. The molecule has 1 aliphatic rings. The van der Waals surface area contributed by atoms with E-state index in [4.69, 9.17) is 0 Å². The zero-order chi connectivity index (χ0) is 16.4. The van der Waals surface area contributed by atoms with Gasteiger partial charge >= 0.3 is 6.18 Å². The maximum atomic E-state index is 12.8. The molecule has 0 spiro atoms. The lowest BCUT2D eigenvalue weighted by Gasteiger charge is -2.10. The molecule has 7 heteroatoms. The summed E-state index contributed by atoms with van der Waals surface area (Å²) in [6, 6.07) is 8.45. The van der Waals surface area contributed by atoms with Crippen molar-refractivity contribution in [3.05, 3.63) is 53.7 Å². The Bertz CT molecular complexity index is 729. The highest BCUT2D eigenvalue weighted by Gasteiger charge is 2.30. The number of hydrogen-bond donors (Lipinski definition) is 1. The van der Waals surface area contributed by atoms with E-state index >= 15 is 0 Å². The smallest absolute Gasteiger partial charge is 0.349 e. The first-order valence-electron chi connectivity index (χ1n) is 7.04. The van der Waals surface area contributed by atoms with E-state index in [0.717, 1.165) is 36.7 Å². The Hall–Kier alpha value is -2.02. The second-order valence-electron chi connectivity index (χ2n) is 5.23. The Kier molecular flexibility index (Phi) is 4.30. The summed E-state index contributed by atoms with van der Waals surface area (Å²) in [4.78, 5) is 16.7. The Morgan fingerprint density at radius 1 is 1.22 bits per heavy atom. The average Bonchev–Trinajstić information content (AvgIpc) is 3.31. The Labute approximate surface area is 135 Å². The number of halogens is 3. The summed E-state index contributed by atoms with van der Waals surface area (Å²) >= 11 is 1.05. The fraction of sp³-hybridized carbons (Fsp3) is 0.250. The molecule has 0 bridgehead atoms. The molecule has 0 aliphatic heterocycles. The predicted molar refractivity (Wildman–Crippen MR) is 80.3 cm³/mol. The Morgan fingerprint density at radius 3 is 2.70 bits per heavy atom. The van der Waals surface area contributed by atoms with Crippen LogP contribution in [0, 0.1) is 0 Å². The van der Waals surface area contributed by atoms with E-state index in [9.17, 15) is 18.0 Å². The third-order valence-corrected chi connectivity index (χ3v) is 4.31. The normalized spacial score (nSPS) is 14.6. The number of rotatable bonds is 4. The van der Waals surface area contributed by atoms with Crippen LogP contribution in [0.1, 0.15) is 28.8 Å². The number of pyridine rings is 1. The highest BCUT2D eigenvalue weighted by molar-refractivity contribution is 7.99. The van der Waals surface area contributed by atoms with Gasteiger partial charge in [-0.3, -0.25) is 4.79 Å². The van der Waals surface area contributed by atoms with Crippen molar-refractivity contribution < 1.29 is 18.0 Å². The summed E-state index contributed by atoms with van der Waals surface area (Å²) in [5, 5.41) is 3.25. The number of alkyl halides is 3. The first-order valence-corrected chi connectivity index (χ1v) is 7.86. The van der Waals surface area contributed by atoms with E-state index in [-0.39, 0.29) is 11.9 Å². The van der Waals surface area contributed by atoms with E-state index in [2.05, 4.69) is 10.3 Å². The van der Waals surface area contributed by atoms with Crippen LogP contribution in [0.15, 0.2) is 52.5 Å². The largest absolute Gasteiger partial charge is 0.416 e. The van der Waals surface area contributed by atoms with Crippen LogP contribution in [0.25, 0.3) is 0 Å². The molecule has 3 nitrogen and oxygen atoms in total. The lowest BCUT2D eigenvalue weighted by Crippen LogP contribution is -2.26. The molecule has 1 aromatic heterocycles. The molecular formula is C16H13F3N2OS. The van der Waals surface area contributed by atoms with Gasteiger partial charge in [0.25, 0.3) is 5.91 Å². The minimum Gasteiger partial charge on any atom is -0.349 e. The third-order valence-electron chi connectivity index (χ3n) is 3.30. The van der Waals surface area contributed by atoms with E-state index in [1.54, 1.807) is 18.2 Å². The van der Waals surface area contributed by atoms with E-state index in [1.807, 2.05) is 0 Å². The van der Waals surface area contributed by atoms with Crippen LogP contribution in [-0.2, 0) is 6.18 Å². The fourth-order valence-corrected chi connectivity index (χ4v) is 2.92. The van der Waals surface area contributed by atoms with E-state index < -0.39 is 11.7 Å². The molecule has 1 aliphatic carbocycles. The van der Waals surface area contributed by atoms with Crippen LogP contribution >= 0.6 is 11.8 Å². The van der Waals surface area contributed by atoms with Crippen molar-refractivity contribution in [3.8, 4) is 0 Å². The number of carbonyl (C=O) groups is 1. The molecule has 1 saturated carbocycles. The lowest BCUT2D eigenvalue weighted by molar-refractivity contribution is -0.137. The maximum absolute atomic E-state index is 12.8. The van der Waals surface area contributed by atoms with E-state index in [0.29, 0.717) is 15.5 Å². The maximum Gasteiger partial charge on any atom is 0.416 e. The van der Waals surface area contributed by atoms with Gasteiger partial charge in [-0.25, -0.2) is 4.98 Å². The van der Waals surface area contributed by atoms with Crippen molar-refractivity contribution in [2.24, 2.45) is 0 Å². The molecule has 3 rings (SSSR count). The van der Waals surface area contributed by atoms with Gasteiger partial charge in [0.15, 0.2) is 0 Å². The summed E-state index contributed by atoms with van der Waals surface area (Å²) in [5.74, 6) is -0.241. The zero-order valence-corrected chi connectivity index (χ0v) is 12.7. The number of hydrogen-bond acceptors (Lipinski definition) is 3. The second-order valence-corrected chi connectivity index (χ2v) is 6.29. The zero-order valence-electron chi connectivity index (χ0n) is 11.9. The minimum absolute atomic E-state index is 0.203. The number of benzene rings is 1. The minimum atomic E-state index is -4.40. The Morgan fingerprint density at radius 2 is 2.00 bits per heavy atom. The van der Waals surface area contributed by atoms with Crippen LogP contribution in [0.5, 0.6) is 0 Å². The molecule has 0 radical (unpaired) electrons. The molecule has 0 atom stereocenters. The van der Waals surface area contributed by atoms with Crippen LogP contribution < -0.4 is 5.32 Å². The predicted octanol–water partition coefficient (Wildman–Crippen LogP) is 4.14. The SMILES string of the molecule is O=C(NC1CC1)c1cccnc1Sc1cccc(C(F)(F)F)c1. The number of amides is 1. The highest BCUT2D eigenvalue weighted by atomic mass is 32.2. The van der Waals surface area contributed by atoms with Crippen molar-refractivity contribution in [1.29, 1.82) is 0 Å². The lowest BCUT2D eigenvalue weighted by atomic mass is 10.2. The van der Waals surface area contributed by atoms with Gasteiger partial charge < -0.3 is 5.32 Å². The molecule has 1 N–H and O–H groups in total. The van der Waals surface area contributed by atoms with Gasteiger partial charge in [-0.05, 0) is 43.2 Å². The van der Waals surface area contributed by atoms with Gasteiger partial charge in [0.2, 0.25) is 0 Å². The summed E-state index contributed by atoms with van der Waals surface area (Å²) in [7, 11) is 0. The monoisotopic (exact) mass is 338 g/mol. The van der Waals surface area contributed by atoms with Gasteiger partial charge in [0.05, 0.1) is 11.1 Å². The van der Waals surface area contributed by atoms with Gasteiger partial charge in [0, 0.05) is 17.1 Å². The number of nitrogens with zero attached hydrogens (tertiary/aromatic N) is 1. The highest BCUT2D eigenvalue weighted by Crippen LogP contribution is 2.34. The molecule has 1 aromatic carbocycles. The molecular weight excluding hydrogens is 325 g/mol. The summed E-state index contributed by atoms with van der Waals surface area (Å²) in [5.41, 5.74) is -0.343. The number of carbonyl (C=O) groups excluding carboxylic acids is 1. The molecule has 120 valence electrons. The number of nitrogens with one attached hydrogen (secondary N) is 1. The van der Waals surface area contributed by atoms with Gasteiger partial charge in [-0.15, -0.1) is 0 Å². The standard InChI is InChI=1S/C16H13F3N2OS/c17-16(18,19)10-3-1-4-12(9-10)23-15-13(5-2-8-20-15)14(22)21-11-6-7-11/h1-5,8-9,11H,6-7H2,(H,21,22). The molecule has 0 saturated heterocycles. The quantitative estimate of drug-likeness (QED) is 0.911. The van der Waals surface area contributed by atoms with Crippen molar-refractivity contribution in [3.63, 3.8) is 0 Å². The summed E-state index contributed by atoms with van der Waals surface area (Å²) < 4.78 is 38.3. The van der Waals surface area contributed by atoms with Gasteiger partial charge in [-0.1, -0.05) is 17.8 Å². The second kappa shape index (κ2) is 6.23. The van der Waals surface area contributed by atoms with Gasteiger partial charge in [0.1, 0.15) is 5.03 Å². The molecule has 23 heavy (non-hydrogen) atoms. The number of aromatic nitrogens is 1. The summed E-state index contributed by atoms with van der Waals surface area (Å²) in [6.45, 7) is 0. The molecule has 1 heterocycles. The van der Waals surface area contributed by atoms with Crippen molar-refractivity contribution in [1.82, 2.24) is 10.3 Å². The summed E-state index contributed by atoms with van der Waals surface area (Å²) in [6.07, 6.45) is -0.957. The van der Waals surface area contributed by atoms with E-state index in [1.165, 1.54) is 12.3 Å². The molecule has 1 fully saturated rings. The average molecular weight is 338 g/mol. The van der Waals surface area contributed by atoms with Crippen LogP contribution in [-0.4, -0.2) is 16.9 Å². The van der Waals surface area contributed by atoms with Crippen molar-refractivity contribution in [2.75, 3.05) is 0 Å². The molecule has 0 unspecified atom stereocenters. The van der Waals surface area contributed by atoms with Crippen LogP contribution in [0.2, 0.25) is 0 Å². The van der Waals surface area contributed by atoms with Crippen molar-refractivity contribution in [2.45, 2.75) is 35.0 Å². The van der Waals surface area contributed by atoms with Crippen LogP contribution in [0.3, 0.4) is 0 Å². The van der Waals surface area contributed by atoms with Gasteiger partial charge in [-0.2, -0.15) is 13.2 Å². The van der Waals surface area contributed by atoms with Crippen molar-refractivity contribution >= 4 is 17.7 Å². The third kappa shape index (κ3) is 4.04. The molecule has 2 aromatic rings. The molecule has 1 amide bonds. The van der Waals surface area contributed by atoms with Crippen LogP contribution in [0.4, 0.5) is 13.2 Å². The Balaban J connectivity index is 1.84. The first-order chi connectivity index (χ1) is 10.9. The fourth-order valence-electron chi connectivity index (χ4n) is 1.98. The topological polar surface area (TPSA) is 42.0 Å².